The third-order valence-electron chi connectivity index (χ3n) is 4.31. The molecule has 1 atom stereocenters. The molecule has 8 nitrogen and oxygen atoms in total. The molecule has 1 aromatic carbocycles. The van der Waals surface area contributed by atoms with Crippen LogP contribution in [0.4, 0.5) is 0 Å². The summed E-state index contributed by atoms with van der Waals surface area (Å²) in [6, 6.07) is 8.18. The summed E-state index contributed by atoms with van der Waals surface area (Å²) in [6.45, 7) is 1.33. The van der Waals surface area contributed by atoms with Gasteiger partial charge in [-0.1, -0.05) is 6.07 Å². The summed E-state index contributed by atoms with van der Waals surface area (Å²) >= 11 is 0. The van der Waals surface area contributed by atoms with Gasteiger partial charge in [-0.25, -0.2) is 0 Å². The van der Waals surface area contributed by atoms with E-state index in [2.05, 4.69) is 0 Å². The van der Waals surface area contributed by atoms with E-state index in [0.717, 1.165) is 19.1 Å². The van der Waals surface area contributed by atoms with E-state index in [4.69, 9.17) is 18.1 Å². The number of methoxy groups -OCH3 is 1. The molecule has 3 rings (SSSR count). The van der Waals surface area contributed by atoms with Crippen LogP contribution in [0.15, 0.2) is 41.0 Å². The molecule has 2 aromatic rings. The van der Waals surface area contributed by atoms with Crippen LogP contribution in [-0.4, -0.2) is 51.8 Å². The summed E-state index contributed by atoms with van der Waals surface area (Å²) < 4.78 is 44.1. The molecule has 1 amide bonds. The smallest absolute Gasteiger partial charge is 0.306 e. The summed E-state index contributed by atoms with van der Waals surface area (Å²) in [6.07, 6.45) is 4.21. The van der Waals surface area contributed by atoms with Crippen molar-refractivity contribution in [3.63, 3.8) is 0 Å². The Kier molecular flexibility index (Phi) is 6.25. The Hall–Kier alpha value is -2.52. The SMILES string of the molecule is COc1ccc(CN(C[C@H]2CCCO2)C(=O)c2ccco2)cc1OS(C)(=O)=O. The average molecular weight is 409 g/mol. The van der Waals surface area contributed by atoms with Gasteiger partial charge in [0, 0.05) is 19.7 Å². The van der Waals surface area contributed by atoms with E-state index in [1.165, 1.54) is 13.4 Å². The zero-order chi connectivity index (χ0) is 20.1. The normalized spacial score (nSPS) is 16.7. The molecule has 0 bridgehead atoms. The Balaban J connectivity index is 1.84. The number of carbonyl (C=O) groups excluding carboxylic acids is 1. The number of nitrogens with zero attached hydrogens (tertiary/aromatic N) is 1. The highest BCUT2D eigenvalue weighted by Crippen LogP contribution is 2.30. The number of carbonyl (C=O) groups is 1. The number of hydrogen-bond donors (Lipinski definition) is 0. The Morgan fingerprint density at radius 2 is 2.11 bits per heavy atom. The van der Waals surface area contributed by atoms with Gasteiger partial charge in [-0.3, -0.25) is 4.79 Å². The zero-order valence-corrected chi connectivity index (χ0v) is 16.6. The van der Waals surface area contributed by atoms with Crippen molar-refractivity contribution in [2.75, 3.05) is 26.5 Å². The van der Waals surface area contributed by atoms with E-state index in [1.807, 2.05) is 0 Å². The van der Waals surface area contributed by atoms with E-state index >= 15 is 0 Å². The molecule has 0 unspecified atom stereocenters. The van der Waals surface area contributed by atoms with Crippen LogP contribution in [0.1, 0.15) is 29.0 Å². The first-order valence-corrected chi connectivity index (χ1v) is 10.7. The lowest BCUT2D eigenvalue weighted by Crippen LogP contribution is -2.36. The average Bonchev–Trinajstić information content (AvgIpc) is 3.33. The fraction of sp³-hybridized carbons (Fsp3) is 0.421. The first-order chi connectivity index (χ1) is 13.4. The van der Waals surface area contributed by atoms with Gasteiger partial charge < -0.3 is 23.0 Å². The molecular formula is C19H23NO7S. The fourth-order valence-electron chi connectivity index (χ4n) is 3.08. The molecule has 9 heteroatoms. The molecule has 1 saturated heterocycles. The minimum atomic E-state index is -3.72. The highest BCUT2D eigenvalue weighted by Gasteiger charge is 2.25. The lowest BCUT2D eigenvalue weighted by Gasteiger charge is -2.25. The number of ether oxygens (including phenoxy) is 2. The maximum Gasteiger partial charge on any atom is 0.306 e. The molecule has 0 N–H and O–H groups in total. The predicted molar refractivity (Wildman–Crippen MR) is 101 cm³/mol. The molecular weight excluding hydrogens is 386 g/mol. The number of furan rings is 1. The Morgan fingerprint density at radius 1 is 1.29 bits per heavy atom. The van der Waals surface area contributed by atoms with Crippen LogP contribution in [0.2, 0.25) is 0 Å². The van der Waals surface area contributed by atoms with E-state index in [1.54, 1.807) is 35.2 Å². The first-order valence-electron chi connectivity index (χ1n) is 8.86. The fourth-order valence-corrected chi connectivity index (χ4v) is 3.53. The predicted octanol–water partition coefficient (Wildman–Crippen LogP) is 2.45. The van der Waals surface area contributed by atoms with Gasteiger partial charge in [0.05, 0.1) is 25.7 Å². The van der Waals surface area contributed by atoms with Crippen LogP contribution in [0.25, 0.3) is 0 Å². The highest BCUT2D eigenvalue weighted by molar-refractivity contribution is 7.86. The van der Waals surface area contributed by atoms with Gasteiger partial charge in [0.15, 0.2) is 17.3 Å². The molecule has 1 aliphatic heterocycles. The summed E-state index contributed by atoms with van der Waals surface area (Å²) in [7, 11) is -2.30. The van der Waals surface area contributed by atoms with E-state index in [0.29, 0.717) is 18.7 Å². The van der Waals surface area contributed by atoms with Crippen LogP contribution < -0.4 is 8.92 Å². The maximum absolute atomic E-state index is 12.9. The van der Waals surface area contributed by atoms with Gasteiger partial charge in [-0.2, -0.15) is 8.42 Å². The van der Waals surface area contributed by atoms with Crippen LogP contribution >= 0.6 is 0 Å². The lowest BCUT2D eigenvalue weighted by molar-refractivity contribution is 0.0484. The summed E-state index contributed by atoms with van der Waals surface area (Å²) in [4.78, 5) is 14.5. The van der Waals surface area contributed by atoms with Crippen molar-refractivity contribution in [2.24, 2.45) is 0 Å². The van der Waals surface area contributed by atoms with E-state index in [-0.39, 0.29) is 35.8 Å². The number of hydrogen-bond acceptors (Lipinski definition) is 7. The Morgan fingerprint density at radius 3 is 2.71 bits per heavy atom. The molecule has 0 spiro atoms. The van der Waals surface area contributed by atoms with E-state index in [9.17, 15) is 13.2 Å². The van der Waals surface area contributed by atoms with Crippen molar-refractivity contribution in [3.05, 3.63) is 47.9 Å². The molecule has 1 fully saturated rings. The second kappa shape index (κ2) is 8.66. The first kappa shape index (κ1) is 20.2. The minimum Gasteiger partial charge on any atom is -0.493 e. The van der Waals surface area contributed by atoms with Crippen LogP contribution in [0.3, 0.4) is 0 Å². The second-order valence-electron chi connectivity index (χ2n) is 6.57. The molecule has 152 valence electrons. The van der Waals surface area contributed by atoms with Crippen molar-refractivity contribution in [3.8, 4) is 11.5 Å². The van der Waals surface area contributed by atoms with Gasteiger partial charge in [-0.05, 0) is 42.7 Å². The zero-order valence-electron chi connectivity index (χ0n) is 15.8. The molecule has 0 aliphatic carbocycles. The third kappa shape index (κ3) is 5.26. The van der Waals surface area contributed by atoms with Crippen molar-refractivity contribution in [1.82, 2.24) is 4.90 Å². The van der Waals surface area contributed by atoms with Crippen molar-refractivity contribution < 1.29 is 31.3 Å². The summed E-state index contributed by atoms with van der Waals surface area (Å²) in [5.74, 6) is 0.336. The van der Waals surface area contributed by atoms with Gasteiger partial charge in [0.25, 0.3) is 5.91 Å². The largest absolute Gasteiger partial charge is 0.493 e. The van der Waals surface area contributed by atoms with Crippen LogP contribution in [0.5, 0.6) is 11.5 Å². The monoisotopic (exact) mass is 409 g/mol. The van der Waals surface area contributed by atoms with Gasteiger partial charge in [-0.15, -0.1) is 0 Å². The van der Waals surface area contributed by atoms with Crippen LogP contribution in [-0.2, 0) is 21.4 Å². The number of rotatable bonds is 8. The minimum absolute atomic E-state index is 0.0381. The maximum atomic E-state index is 12.9. The Labute approximate surface area is 164 Å². The number of amides is 1. The topological polar surface area (TPSA) is 95.3 Å². The molecule has 1 aliphatic rings. The van der Waals surface area contributed by atoms with Gasteiger partial charge >= 0.3 is 10.1 Å². The molecule has 2 heterocycles. The van der Waals surface area contributed by atoms with Crippen molar-refractivity contribution in [1.29, 1.82) is 0 Å². The van der Waals surface area contributed by atoms with Gasteiger partial charge in [0.1, 0.15) is 0 Å². The quantitative estimate of drug-likeness (QED) is 0.618. The third-order valence-corrected chi connectivity index (χ3v) is 4.79. The lowest BCUT2D eigenvalue weighted by atomic mass is 10.1. The standard InChI is InChI=1S/C19H23NO7S/c1-24-16-8-7-14(11-18(16)27-28(2,22)23)12-20(13-15-5-3-9-25-15)19(21)17-6-4-10-26-17/h4,6-8,10-11,15H,3,5,9,12-13H2,1-2H3/t15-/m1/s1. The Bertz CT molecular complexity index is 902. The molecule has 1 aromatic heterocycles. The molecule has 28 heavy (non-hydrogen) atoms. The van der Waals surface area contributed by atoms with Gasteiger partial charge in [0.2, 0.25) is 0 Å². The molecule has 0 radical (unpaired) electrons. The second-order valence-corrected chi connectivity index (χ2v) is 8.15. The number of benzene rings is 1. The van der Waals surface area contributed by atoms with Crippen LogP contribution in [0, 0.1) is 0 Å². The van der Waals surface area contributed by atoms with Crippen molar-refractivity contribution in [2.45, 2.75) is 25.5 Å². The van der Waals surface area contributed by atoms with E-state index < -0.39 is 10.1 Å². The van der Waals surface area contributed by atoms with Crippen molar-refractivity contribution >= 4 is 16.0 Å². The summed E-state index contributed by atoms with van der Waals surface area (Å²) in [5.41, 5.74) is 0.692. The molecule has 0 saturated carbocycles. The summed E-state index contributed by atoms with van der Waals surface area (Å²) in [5, 5.41) is 0. The highest BCUT2D eigenvalue weighted by atomic mass is 32.2.